The van der Waals surface area contributed by atoms with Crippen LogP contribution in [-0.4, -0.2) is 46.8 Å². The summed E-state index contributed by atoms with van der Waals surface area (Å²) in [6, 6.07) is 10.2. The summed E-state index contributed by atoms with van der Waals surface area (Å²) in [5.74, 6) is 0.502. The fourth-order valence-electron chi connectivity index (χ4n) is 4.45. The summed E-state index contributed by atoms with van der Waals surface area (Å²) in [6.07, 6.45) is 5.48. The third kappa shape index (κ3) is 3.88. The molecule has 2 heterocycles. The third-order valence-corrected chi connectivity index (χ3v) is 5.73. The highest BCUT2D eigenvalue weighted by Crippen LogP contribution is 2.38. The minimum Gasteiger partial charge on any atom is -0.340 e. The van der Waals surface area contributed by atoms with E-state index in [1.54, 1.807) is 0 Å². The lowest BCUT2D eigenvalue weighted by Crippen LogP contribution is -2.58. The van der Waals surface area contributed by atoms with E-state index in [9.17, 15) is 9.59 Å². The molecule has 0 aromatic heterocycles. The van der Waals surface area contributed by atoms with E-state index in [4.69, 9.17) is 0 Å². The highest BCUT2D eigenvalue weighted by molar-refractivity contribution is 5.80. The van der Waals surface area contributed by atoms with Crippen molar-refractivity contribution in [2.24, 2.45) is 5.92 Å². The van der Waals surface area contributed by atoms with Crippen LogP contribution >= 0.6 is 0 Å². The second kappa shape index (κ2) is 7.59. The van der Waals surface area contributed by atoms with Crippen molar-refractivity contribution in [1.29, 1.82) is 0 Å². The molecule has 1 atom stereocenters. The van der Waals surface area contributed by atoms with Crippen molar-refractivity contribution in [1.82, 2.24) is 9.80 Å². The molecule has 0 saturated carbocycles. The van der Waals surface area contributed by atoms with Gasteiger partial charge >= 0.3 is 0 Å². The van der Waals surface area contributed by atoms with Crippen molar-refractivity contribution in [2.45, 2.75) is 57.9 Å². The Morgan fingerprint density at radius 1 is 1.08 bits per heavy atom. The topological polar surface area (TPSA) is 40.6 Å². The lowest BCUT2D eigenvalue weighted by Gasteiger charge is -2.46. The van der Waals surface area contributed by atoms with Gasteiger partial charge in [-0.25, -0.2) is 0 Å². The van der Waals surface area contributed by atoms with Gasteiger partial charge in [0.15, 0.2) is 0 Å². The molecule has 2 aliphatic heterocycles. The van der Waals surface area contributed by atoms with E-state index < -0.39 is 0 Å². The predicted octanol–water partition coefficient (Wildman–Crippen LogP) is 3.26. The molecule has 1 aromatic carbocycles. The van der Waals surface area contributed by atoms with Crippen LogP contribution < -0.4 is 0 Å². The van der Waals surface area contributed by atoms with Crippen LogP contribution in [0.5, 0.6) is 0 Å². The maximum absolute atomic E-state index is 12.9. The molecule has 1 spiro atoms. The highest BCUT2D eigenvalue weighted by Gasteiger charge is 2.46. The van der Waals surface area contributed by atoms with E-state index in [0.29, 0.717) is 6.42 Å². The van der Waals surface area contributed by atoms with Gasteiger partial charge in [-0.1, -0.05) is 44.2 Å². The molecule has 25 heavy (non-hydrogen) atoms. The SMILES string of the molecule is CC(C)C(=O)N1CCC[C@]2(CCCN2C(=O)CCc2ccccc2)C1. The Morgan fingerprint density at radius 3 is 2.44 bits per heavy atom. The Hall–Kier alpha value is -1.84. The normalized spacial score (nSPS) is 23.5. The summed E-state index contributed by atoms with van der Waals surface area (Å²) < 4.78 is 0. The number of hydrogen-bond acceptors (Lipinski definition) is 2. The summed E-state index contributed by atoms with van der Waals surface area (Å²) in [5.41, 5.74) is 1.10. The van der Waals surface area contributed by atoms with Crippen LogP contribution in [-0.2, 0) is 16.0 Å². The van der Waals surface area contributed by atoms with Gasteiger partial charge in [-0.05, 0) is 37.7 Å². The molecule has 136 valence electrons. The van der Waals surface area contributed by atoms with Crippen molar-refractivity contribution in [3.63, 3.8) is 0 Å². The average Bonchev–Trinajstić information content (AvgIpc) is 3.02. The number of carbonyl (C=O) groups excluding carboxylic acids is 2. The first-order valence-corrected chi connectivity index (χ1v) is 9.65. The van der Waals surface area contributed by atoms with Gasteiger partial charge in [0, 0.05) is 32.0 Å². The van der Waals surface area contributed by atoms with Crippen LogP contribution in [0.25, 0.3) is 0 Å². The van der Waals surface area contributed by atoms with Gasteiger partial charge in [0.2, 0.25) is 11.8 Å². The number of aryl methyl sites for hydroxylation is 1. The van der Waals surface area contributed by atoms with Crippen molar-refractivity contribution in [3.05, 3.63) is 35.9 Å². The molecule has 4 heteroatoms. The van der Waals surface area contributed by atoms with Crippen LogP contribution in [0.3, 0.4) is 0 Å². The second-order valence-corrected chi connectivity index (χ2v) is 7.88. The van der Waals surface area contributed by atoms with Crippen LogP contribution in [0.1, 0.15) is 51.5 Å². The van der Waals surface area contributed by atoms with Gasteiger partial charge in [0.05, 0.1) is 5.54 Å². The van der Waals surface area contributed by atoms with Crippen LogP contribution in [0.2, 0.25) is 0 Å². The van der Waals surface area contributed by atoms with Crippen molar-refractivity contribution in [2.75, 3.05) is 19.6 Å². The fraction of sp³-hybridized carbons (Fsp3) is 0.619. The zero-order valence-corrected chi connectivity index (χ0v) is 15.5. The van der Waals surface area contributed by atoms with Gasteiger partial charge in [0.1, 0.15) is 0 Å². The monoisotopic (exact) mass is 342 g/mol. The molecule has 1 aromatic rings. The summed E-state index contributed by atoms with van der Waals surface area (Å²) in [6.45, 7) is 6.32. The number of hydrogen-bond donors (Lipinski definition) is 0. The number of nitrogens with zero attached hydrogens (tertiary/aromatic N) is 2. The van der Waals surface area contributed by atoms with Gasteiger partial charge in [0.25, 0.3) is 0 Å². The molecule has 0 aliphatic carbocycles. The number of amides is 2. The number of carbonyl (C=O) groups is 2. The first-order valence-electron chi connectivity index (χ1n) is 9.65. The molecular weight excluding hydrogens is 312 g/mol. The number of likely N-dealkylation sites (tertiary alicyclic amines) is 2. The smallest absolute Gasteiger partial charge is 0.225 e. The molecule has 3 rings (SSSR count). The lowest BCUT2D eigenvalue weighted by molar-refractivity contribution is -0.144. The van der Waals surface area contributed by atoms with E-state index in [2.05, 4.69) is 17.0 Å². The Kier molecular flexibility index (Phi) is 5.45. The second-order valence-electron chi connectivity index (χ2n) is 7.88. The van der Waals surface area contributed by atoms with E-state index in [0.717, 1.165) is 51.7 Å². The third-order valence-electron chi connectivity index (χ3n) is 5.73. The van der Waals surface area contributed by atoms with E-state index in [-0.39, 0.29) is 23.3 Å². The van der Waals surface area contributed by atoms with E-state index >= 15 is 0 Å². The molecule has 2 amide bonds. The number of benzene rings is 1. The summed E-state index contributed by atoms with van der Waals surface area (Å²) in [5, 5.41) is 0. The van der Waals surface area contributed by atoms with Gasteiger partial charge in [-0.3, -0.25) is 9.59 Å². The van der Waals surface area contributed by atoms with Crippen LogP contribution in [0, 0.1) is 5.92 Å². The molecule has 0 unspecified atom stereocenters. The minimum atomic E-state index is -0.115. The molecule has 4 nitrogen and oxygen atoms in total. The fourth-order valence-corrected chi connectivity index (χ4v) is 4.45. The molecule has 2 fully saturated rings. The molecule has 2 aliphatic rings. The Bertz CT molecular complexity index is 614. The first kappa shape index (κ1) is 18.0. The molecule has 0 bridgehead atoms. The molecule has 2 saturated heterocycles. The first-order chi connectivity index (χ1) is 12.0. The van der Waals surface area contributed by atoms with Crippen LogP contribution in [0.4, 0.5) is 0 Å². The predicted molar refractivity (Wildman–Crippen MR) is 99.1 cm³/mol. The lowest BCUT2D eigenvalue weighted by atomic mass is 9.85. The van der Waals surface area contributed by atoms with Crippen LogP contribution in [0.15, 0.2) is 30.3 Å². The summed E-state index contributed by atoms with van der Waals surface area (Å²) >= 11 is 0. The average molecular weight is 342 g/mol. The summed E-state index contributed by atoms with van der Waals surface area (Å²) in [7, 11) is 0. The zero-order valence-electron chi connectivity index (χ0n) is 15.5. The quantitative estimate of drug-likeness (QED) is 0.843. The maximum Gasteiger partial charge on any atom is 0.225 e. The van der Waals surface area contributed by atoms with Gasteiger partial charge < -0.3 is 9.80 Å². The Balaban J connectivity index is 1.66. The largest absolute Gasteiger partial charge is 0.340 e. The van der Waals surface area contributed by atoms with Crippen molar-refractivity contribution < 1.29 is 9.59 Å². The van der Waals surface area contributed by atoms with E-state index in [1.165, 1.54) is 5.56 Å². The minimum absolute atomic E-state index is 0.0267. The maximum atomic E-state index is 12.9. The standard InChI is InChI=1S/C21H30N2O2/c1-17(2)20(25)22-14-6-12-21(16-22)13-7-15-23(21)19(24)11-10-18-8-4-3-5-9-18/h3-5,8-9,17H,6-7,10-16H2,1-2H3/t21-/m0/s1. The number of piperidine rings is 1. The Morgan fingerprint density at radius 2 is 1.76 bits per heavy atom. The van der Waals surface area contributed by atoms with Crippen molar-refractivity contribution >= 4 is 11.8 Å². The zero-order chi connectivity index (χ0) is 17.9. The number of rotatable bonds is 4. The molecular formula is C21H30N2O2. The van der Waals surface area contributed by atoms with E-state index in [1.807, 2.05) is 36.9 Å². The highest BCUT2D eigenvalue weighted by atomic mass is 16.2. The van der Waals surface area contributed by atoms with Gasteiger partial charge in [-0.15, -0.1) is 0 Å². The molecule has 0 radical (unpaired) electrons. The van der Waals surface area contributed by atoms with Crippen molar-refractivity contribution in [3.8, 4) is 0 Å². The summed E-state index contributed by atoms with van der Waals surface area (Å²) in [4.78, 5) is 29.5. The Labute approximate surface area is 151 Å². The van der Waals surface area contributed by atoms with Gasteiger partial charge in [-0.2, -0.15) is 0 Å². The molecule has 0 N–H and O–H groups in total.